The molecule has 6 heteroatoms. The van der Waals surface area contributed by atoms with Crippen LogP contribution in [-0.4, -0.2) is 16.0 Å². The maximum atomic E-state index is 11.8. The minimum absolute atomic E-state index is 0.0701. The fourth-order valence-electron chi connectivity index (χ4n) is 1.42. The van der Waals surface area contributed by atoms with Crippen LogP contribution in [0.5, 0.6) is 5.75 Å². The Hall–Kier alpha value is -1.82. The number of nitrogens with zero attached hydrogens (tertiary/aromatic N) is 1. The van der Waals surface area contributed by atoms with Gasteiger partial charge in [0, 0.05) is 4.47 Å². The summed E-state index contributed by atoms with van der Waals surface area (Å²) in [6.07, 6.45) is 1.58. The van der Waals surface area contributed by atoms with E-state index in [1.807, 2.05) is 0 Å². The third-order valence-corrected chi connectivity index (χ3v) is 2.77. The number of hydrogen-bond acceptors (Lipinski definition) is 4. The van der Waals surface area contributed by atoms with E-state index in [1.54, 1.807) is 25.3 Å². The van der Waals surface area contributed by atoms with Crippen LogP contribution in [0.2, 0.25) is 0 Å². The molecule has 2 rings (SSSR count). The number of phenolic OH excluding ortho intramolecular Hbond substituents is 1. The molecule has 18 heavy (non-hydrogen) atoms. The van der Waals surface area contributed by atoms with Gasteiger partial charge in [0.2, 0.25) is 5.89 Å². The molecule has 0 aliphatic carbocycles. The number of carbonyl (C=O) groups is 1. The SMILES string of the molecule is Cc1cnc(CNC(=O)c2cc(Br)ccc2O)o1. The third kappa shape index (κ3) is 2.89. The fraction of sp³-hybridized carbons (Fsp3) is 0.167. The molecule has 0 saturated carbocycles. The van der Waals surface area contributed by atoms with E-state index in [-0.39, 0.29) is 23.8 Å². The molecule has 0 atom stereocenters. The van der Waals surface area contributed by atoms with Crippen LogP contribution in [-0.2, 0) is 6.54 Å². The van der Waals surface area contributed by atoms with Crippen LogP contribution < -0.4 is 5.32 Å². The molecule has 2 aromatic rings. The lowest BCUT2D eigenvalue weighted by atomic mass is 10.2. The van der Waals surface area contributed by atoms with Gasteiger partial charge in [-0.1, -0.05) is 15.9 Å². The number of amides is 1. The number of nitrogens with one attached hydrogen (secondary N) is 1. The molecule has 0 aliphatic heterocycles. The Balaban J connectivity index is 2.05. The second-order valence-electron chi connectivity index (χ2n) is 3.71. The van der Waals surface area contributed by atoms with Crippen LogP contribution in [0.4, 0.5) is 0 Å². The van der Waals surface area contributed by atoms with Crippen molar-refractivity contribution in [2.45, 2.75) is 13.5 Å². The molecule has 1 amide bonds. The van der Waals surface area contributed by atoms with Crippen molar-refractivity contribution in [3.63, 3.8) is 0 Å². The number of oxazole rings is 1. The van der Waals surface area contributed by atoms with Gasteiger partial charge in [0.15, 0.2) is 0 Å². The van der Waals surface area contributed by atoms with E-state index >= 15 is 0 Å². The van der Waals surface area contributed by atoms with Gasteiger partial charge >= 0.3 is 0 Å². The van der Waals surface area contributed by atoms with Gasteiger partial charge in [-0.15, -0.1) is 0 Å². The molecule has 0 radical (unpaired) electrons. The van der Waals surface area contributed by atoms with E-state index in [4.69, 9.17) is 4.42 Å². The van der Waals surface area contributed by atoms with Crippen LogP contribution in [0, 0.1) is 6.92 Å². The summed E-state index contributed by atoms with van der Waals surface area (Å²) < 4.78 is 5.95. The second-order valence-corrected chi connectivity index (χ2v) is 4.62. The number of carbonyl (C=O) groups excluding carboxylic acids is 1. The van der Waals surface area contributed by atoms with Crippen molar-refractivity contribution < 1.29 is 14.3 Å². The number of aromatic hydroxyl groups is 1. The van der Waals surface area contributed by atoms with Gasteiger partial charge in [-0.3, -0.25) is 4.79 Å². The standard InChI is InChI=1S/C12H11BrN2O3/c1-7-5-14-11(18-7)6-15-12(17)9-4-8(13)2-3-10(9)16/h2-5,16H,6H2,1H3,(H,15,17). The summed E-state index contributed by atoms with van der Waals surface area (Å²) in [5, 5.41) is 12.2. The number of rotatable bonds is 3. The highest BCUT2D eigenvalue weighted by Gasteiger charge is 2.12. The molecule has 94 valence electrons. The molecule has 0 fully saturated rings. The molecule has 0 aliphatic rings. The predicted molar refractivity (Wildman–Crippen MR) is 68.2 cm³/mol. The van der Waals surface area contributed by atoms with Gasteiger partial charge in [-0.05, 0) is 25.1 Å². The Kier molecular flexibility index (Phi) is 3.66. The highest BCUT2D eigenvalue weighted by Crippen LogP contribution is 2.21. The Morgan fingerprint density at radius 1 is 1.56 bits per heavy atom. The van der Waals surface area contributed by atoms with E-state index in [9.17, 15) is 9.90 Å². The molecule has 2 N–H and O–H groups in total. The van der Waals surface area contributed by atoms with Gasteiger partial charge in [-0.25, -0.2) is 4.98 Å². The van der Waals surface area contributed by atoms with Gasteiger partial charge < -0.3 is 14.8 Å². The summed E-state index contributed by atoms with van der Waals surface area (Å²) in [6, 6.07) is 4.66. The van der Waals surface area contributed by atoms with Gasteiger partial charge in [0.25, 0.3) is 5.91 Å². The molecular formula is C12H11BrN2O3. The summed E-state index contributed by atoms with van der Waals surface area (Å²) in [7, 11) is 0. The molecule has 0 unspecified atom stereocenters. The molecule has 1 aromatic carbocycles. The summed E-state index contributed by atoms with van der Waals surface area (Å²) in [4.78, 5) is 15.8. The average molecular weight is 311 g/mol. The molecular weight excluding hydrogens is 300 g/mol. The minimum Gasteiger partial charge on any atom is -0.507 e. The van der Waals surface area contributed by atoms with Crippen molar-refractivity contribution in [3.05, 3.63) is 46.1 Å². The van der Waals surface area contributed by atoms with Crippen molar-refractivity contribution in [2.75, 3.05) is 0 Å². The first-order valence-corrected chi connectivity index (χ1v) is 6.03. The Bertz CT molecular complexity index is 580. The lowest BCUT2D eigenvalue weighted by molar-refractivity contribution is 0.0944. The van der Waals surface area contributed by atoms with Crippen LogP contribution in [0.1, 0.15) is 22.0 Å². The monoisotopic (exact) mass is 310 g/mol. The summed E-state index contributed by atoms with van der Waals surface area (Å²) in [5.41, 5.74) is 0.202. The smallest absolute Gasteiger partial charge is 0.255 e. The zero-order valence-electron chi connectivity index (χ0n) is 9.61. The van der Waals surface area contributed by atoms with Gasteiger partial charge in [-0.2, -0.15) is 0 Å². The highest BCUT2D eigenvalue weighted by molar-refractivity contribution is 9.10. The lowest BCUT2D eigenvalue weighted by Gasteiger charge is -2.05. The summed E-state index contributed by atoms with van der Waals surface area (Å²) in [6.45, 7) is 1.96. The van der Waals surface area contributed by atoms with Crippen molar-refractivity contribution in [1.29, 1.82) is 0 Å². The number of aryl methyl sites for hydroxylation is 1. The van der Waals surface area contributed by atoms with Crippen LogP contribution >= 0.6 is 15.9 Å². The number of aromatic nitrogens is 1. The quantitative estimate of drug-likeness (QED) is 0.912. The molecule has 1 aromatic heterocycles. The van der Waals surface area contributed by atoms with Crippen molar-refractivity contribution in [3.8, 4) is 5.75 Å². The summed E-state index contributed by atoms with van der Waals surface area (Å²) in [5.74, 6) is 0.656. The fourth-order valence-corrected chi connectivity index (χ4v) is 1.79. The Morgan fingerprint density at radius 3 is 3.00 bits per heavy atom. The second kappa shape index (κ2) is 5.22. The maximum Gasteiger partial charge on any atom is 0.255 e. The zero-order chi connectivity index (χ0) is 13.1. The minimum atomic E-state index is -0.385. The molecule has 0 saturated heterocycles. The Labute approximate surface area is 112 Å². The van der Waals surface area contributed by atoms with E-state index in [0.29, 0.717) is 11.7 Å². The van der Waals surface area contributed by atoms with E-state index in [0.717, 1.165) is 4.47 Å². The number of phenols is 1. The highest BCUT2D eigenvalue weighted by atomic mass is 79.9. The first-order chi connectivity index (χ1) is 8.56. The zero-order valence-corrected chi connectivity index (χ0v) is 11.2. The first-order valence-electron chi connectivity index (χ1n) is 5.24. The van der Waals surface area contributed by atoms with Crippen LogP contribution in [0.25, 0.3) is 0 Å². The first kappa shape index (κ1) is 12.6. The van der Waals surface area contributed by atoms with E-state index in [2.05, 4.69) is 26.2 Å². The van der Waals surface area contributed by atoms with Crippen molar-refractivity contribution in [2.24, 2.45) is 0 Å². The average Bonchev–Trinajstić information content (AvgIpc) is 2.75. The normalized spacial score (nSPS) is 10.3. The molecule has 0 bridgehead atoms. The molecule has 1 heterocycles. The lowest BCUT2D eigenvalue weighted by Crippen LogP contribution is -2.23. The largest absolute Gasteiger partial charge is 0.507 e. The van der Waals surface area contributed by atoms with Crippen molar-refractivity contribution in [1.82, 2.24) is 10.3 Å². The number of hydrogen-bond donors (Lipinski definition) is 2. The molecule has 0 spiro atoms. The van der Waals surface area contributed by atoms with Crippen LogP contribution in [0.15, 0.2) is 33.3 Å². The number of halogens is 1. The van der Waals surface area contributed by atoms with Crippen molar-refractivity contribution >= 4 is 21.8 Å². The van der Waals surface area contributed by atoms with E-state index in [1.165, 1.54) is 6.07 Å². The summed E-state index contributed by atoms with van der Waals surface area (Å²) >= 11 is 3.24. The number of benzene rings is 1. The maximum absolute atomic E-state index is 11.8. The third-order valence-electron chi connectivity index (χ3n) is 2.27. The molecule has 5 nitrogen and oxygen atoms in total. The predicted octanol–water partition coefficient (Wildman–Crippen LogP) is 2.38. The Morgan fingerprint density at radius 2 is 2.33 bits per heavy atom. The van der Waals surface area contributed by atoms with Gasteiger partial charge in [0.1, 0.15) is 11.5 Å². The van der Waals surface area contributed by atoms with E-state index < -0.39 is 0 Å². The van der Waals surface area contributed by atoms with Crippen LogP contribution in [0.3, 0.4) is 0 Å². The topological polar surface area (TPSA) is 75.4 Å². The van der Waals surface area contributed by atoms with Gasteiger partial charge in [0.05, 0.1) is 18.3 Å².